The van der Waals surface area contributed by atoms with Crippen LogP contribution in [0.5, 0.6) is 5.75 Å². The lowest BCUT2D eigenvalue weighted by Gasteiger charge is -2.33. The van der Waals surface area contributed by atoms with Crippen LogP contribution in [0.15, 0.2) is 35.2 Å². The van der Waals surface area contributed by atoms with Crippen molar-refractivity contribution in [3.63, 3.8) is 0 Å². The van der Waals surface area contributed by atoms with Crippen LogP contribution in [0.3, 0.4) is 0 Å². The molecule has 5 heterocycles. The fourth-order valence-electron chi connectivity index (χ4n) is 5.34. The van der Waals surface area contributed by atoms with Gasteiger partial charge in [0.1, 0.15) is 23.9 Å². The summed E-state index contributed by atoms with van der Waals surface area (Å²) >= 11 is 6.67. The molecule has 0 unspecified atom stereocenters. The number of rotatable bonds is 11. The van der Waals surface area contributed by atoms with Gasteiger partial charge >= 0.3 is 0 Å². The predicted octanol–water partition coefficient (Wildman–Crippen LogP) is 1.41. The Morgan fingerprint density at radius 3 is 2.79 bits per heavy atom. The fourth-order valence-corrected chi connectivity index (χ4v) is 5.68. The van der Waals surface area contributed by atoms with Gasteiger partial charge in [-0.3, -0.25) is 9.69 Å². The second-order valence-electron chi connectivity index (χ2n) is 11.2. The number of β-amino-alcohol motifs (C(OH)–C–C–N with tert-alkyl or cyclic N) is 1. The molecule has 2 saturated heterocycles. The van der Waals surface area contributed by atoms with Gasteiger partial charge in [-0.2, -0.15) is 4.98 Å². The number of likely N-dealkylation sites (N-methyl/N-ethyl adjacent to an activating group) is 1. The highest BCUT2D eigenvalue weighted by Gasteiger charge is 2.25. The fraction of sp³-hybridized carbons (Fsp3) is 0.517. The molecule has 1 atom stereocenters. The number of benzene rings is 1. The van der Waals surface area contributed by atoms with Gasteiger partial charge in [-0.15, -0.1) is 0 Å². The van der Waals surface area contributed by atoms with Crippen molar-refractivity contribution in [3.8, 4) is 5.75 Å². The van der Waals surface area contributed by atoms with Gasteiger partial charge in [0.25, 0.3) is 5.91 Å². The molecule has 230 valence electrons. The molecule has 3 aromatic rings. The van der Waals surface area contributed by atoms with Crippen molar-refractivity contribution in [2.75, 3.05) is 76.3 Å². The predicted molar refractivity (Wildman–Crippen MR) is 160 cm³/mol. The Morgan fingerprint density at radius 2 is 2.05 bits per heavy atom. The summed E-state index contributed by atoms with van der Waals surface area (Å²) in [5.41, 5.74) is 2.41. The molecule has 2 fully saturated rings. The molecule has 3 aliphatic rings. The molecule has 0 spiro atoms. The van der Waals surface area contributed by atoms with Crippen molar-refractivity contribution in [3.05, 3.63) is 58.4 Å². The normalized spacial score (nSPS) is 18.5. The Morgan fingerprint density at radius 1 is 1.21 bits per heavy atom. The molecular weight excluding hydrogens is 576 g/mol. The topological polar surface area (TPSA) is 141 Å². The molecular formula is C29H37ClN8O5. The van der Waals surface area contributed by atoms with Gasteiger partial charge in [0.15, 0.2) is 12.2 Å². The van der Waals surface area contributed by atoms with Crippen molar-refractivity contribution in [1.29, 1.82) is 0 Å². The van der Waals surface area contributed by atoms with Crippen LogP contribution in [0.2, 0.25) is 5.02 Å². The standard InChI is InChI=1S/C29H37ClN8O5/c1-36-6-8-38(9-7-36)29-34-24(10-26(35-29)33-20-15-41-16-20)28(40)32-11-21(39)14-37-5-4-23-19(13-37)2-3-25(27(23)30)42-17-22-12-31-18-43-22/h2-3,10,12,18,20-21,39H,4-9,11,13-17H2,1H3,(H,32,40)(H,33,34,35)/t21-/m0/s1. The minimum absolute atomic E-state index is 0.102. The van der Waals surface area contributed by atoms with E-state index in [1.54, 1.807) is 12.3 Å². The molecule has 0 aliphatic carbocycles. The zero-order valence-electron chi connectivity index (χ0n) is 24.2. The third-order valence-corrected chi connectivity index (χ3v) is 8.33. The summed E-state index contributed by atoms with van der Waals surface area (Å²) in [6.07, 6.45) is 2.94. The lowest BCUT2D eigenvalue weighted by atomic mass is 9.99. The maximum absolute atomic E-state index is 13.2. The lowest BCUT2D eigenvalue weighted by molar-refractivity contribution is 0.0209. The quantitative estimate of drug-likeness (QED) is 0.288. The molecule has 0 radical (unpaired) electrons. The summed E-state index contributed by atoms with van der Waals surface area (Å²) in [6, 6.07) is 5.69. The Balaban J connectivity index is 1.03. The van der Waals surface area contributed by atoms with Crippen molar-refractivity contribution < 1.29 is 23.8 Å². The van der Waals surface area contributed by atoms with Gasteiger partial charge in [-0.25, -0.2) is 9.97 Å². The van der Waals surface area contributed by atoms with Crippen LogP contribution in [0, 0.1) is 0 Å². The van der Waals surface area contributed by atoms with E-state index in [-0.39, 0.29) is 30.8 Å². The summed E-state index contributed by atoms with van der Waals surface area (Å²) in [6.45, 7) is 6.71. The van der Waals surface area contributed by atoms with E-state index < -0.39 is 6.10 Å². The van der Waals surface area contributed by atoms with Crippen LogP contribution in [0.1, 0.15) is 27.4 Å². The number of halogens is 1. The van der Waals surface area contributed by atoms with E-state index in [0.29, 0.717) is 54.6 Å². The molecule has 13 nitrogen and oxygen atoms in total. The second-order valence-corrected chi connectivity index (χ2v) is 11.6. The zero-order valence-corrected chi connectivity index (χ0v) is 24.9. The average Bonchev–Trinajstić information content (AvgIpc) is 3.51. The maximum Gasteiger partial charge on any atom is 0.270 e. The summed E-state index contributed by atoms with van der Waals surface area (Å²) in [5.74, 6) is 2.00. The van der Waals surface area contributed by atoms with Crippen molar-refractivity contribution in [1.82, 2.24) is 30.1 Å². The molecule has 1 aromatic carbocycles. The molecule has 0 saturated carbocycles. The Bertz CT molecular complexity index is 1400. The first-order chi connectivity index (χ1) is 20.9. The minimum atomic E-state index is -0.755. The zero-order chi connectivity index (χ0) is 29.8. The van der Waals surface area contributed by atoms with Gasteiger partial charge in [0.05, 0.1) is 36.6 Å². The third-order valence-electron chi connectivity index (χ3n) is 7.92. The highest BCUT2D eigenvalue weighted by molar-refractivity contribution is 6.33. The monoisotopic (exact) mass is 612 g/mol. The van der Waals surface area contributed by atoms with Crippen molar-refractivity contribution >= 4 is 29.3 Å². The summed E-state index contributed by atoms with van der Waals surface area (Å²) < 4.78 is 16.3. The van der Waals surface area contributed by atoms with Gasteiger partial charge in [0, 0.05) is 58.4 Å². The molecule has 43 heavy (non-hydrogen) atoms. The molecule has 3 N–H and O–H groups in total. The largest absolute Gasteiger partial charge is 0.484 e. The number of fused-ring (bicyclic) bond motifs is 1. The summed E-state index contributed by atoms with van der Waals surface area (Å²) in [7, 11) is 2.09. The van der Waals surface area contributed by atoms with Gasteiger partial charge in [0.2, 0.25) is 5.95 Å². The van der Waals surface area contributed by atoms with Crippen LogP contribution < -0.4 is 20.3 Å². The first-order valence-corrected chi connectivity index (χ1v) is 14.9. The number of nitrogens with one attached hydrogen (secondary N) is 2. The lowest BCUT2D eigenvalue weighted by Crippen LogP contribution is -2.46. The molecule has 3 aliphatic heterocycles. The number of piperazine rings is 1. The van der Waals surface area contributed by atoms with Gasteiger partial charge < -0.3 is 39.4 Å². The first kappa shape index (κ1) is 29.6. The van der Waals surface area contributed by atoms with Gasteiger partial charge in [-0.05, 0) is 30.7 Å². The SMILES string of the molecule is CN1CCN(c2nc(NC3COC3)cc(C(=O)NC[C@H](O)CN3CCc4c(ccc(OCc5cnco5)c4Cl)C3)n2)CC1. The van der Waals surface area contributed by atoms with E-state index in [0.717, 1.165) is 50.3 Å². The van der Waals surface area contributed by atoms with Crippen molar-refractivity contribution in [2.45, 2.75) is 31.7 Å². The molecule has 14 heteroatoms. The number of hydrogen-bond donors (Lipinski definition) is 3. The van der Waals surface area contributed by atoms with E-state index >= 15 is 0 Å². The number of nitrogens with zero attached hydrogens (tertiary/aromatic N) is 6. The number of amides is 1. The maximum atomic E-state index is 13.2. The molecule has 6 rings (SSSR count). The number of carbonyl (C=O) groups is 1. The van der Waals surface area contributed by atoms with E-state index in [9.17, 15) is 9.90 Å². The number of aliphatic hydroxyl groups is 1. The highest BCUT2D eigenvalue weighted by Crippen LogP contribution is 2.34. The number of oxazole rings is 1. The van der Waals surface area contributed by atoms with Crippen LogP contribution in [0.4, 0.5) is 11.8 Å². The Kier molecular flexibility index (Phi) is 9.24. The number of ether oxygens (including phenoxy) is 2. The first-order valence-electron chi connectivity index (χ1n) is 14.6. The van der Waals surface area contributed by atoms with Crippen molar-refractivity contribution in [2.24, 2.45) is 0 Å². The molecule has 0 bridgehead atoms. The van der Waals surface area contributed by atoms with Crippen LogP contribution >= 0.6 is 11.6 Å². The highest BCUT2D eigenvalue weighted by atomic mass is 35.5. The second kappa shape index (κ2) is 13.4. The Labute approximate surface area is 255 Å². The van der Waals surface area contributed by atoms with Crippen LogP contribution in [-0.2, 0) is 24.3 Å². The number of anilines is 2. The van der Waals surface area contributed by atoms with Crippen LogP contribution in [-0.4, -0.2) is 114 Å². The minimum Gasteiger partial charge on any atom is -0.484 e. The van der Waals surface area contributed by atoms with Crippen LogP contribution in [0.25, 0.3) is 0 Å². The number of aliphatic hydroxyl groups excluding tert-OH is 1. The average molecular weight is 613 g/mol. The summed E-state index contributed by atoms with van der Waals surface area (Å²) in [4.78, 5) is 32.8. The van der Waals surface area contributed by atoms with E-state index in [4.69, 9.17) is 25.5 Å². The third kappa shape index (κ3) is 7.36. The number of hydrogen-bond acceptors (Lipinski definition) is 12. The Hall–Kier alpha value is -3.49. The number of carbonyl (C=O) groups excluding carboxylic acids is 1. The van der Waals surface area contributed by atoms with Gasteiger partial charge in [-0.1, -0.05) is 17.7 Å². The van der Waals surface area contributed by atoms with E-state index in [1.165, 1.54) is 6.39 Å². The number of aromatic nitrogens is 3. The van der Waals surface area contributed by atoms with E-state index in [2.05, 4.69) is 47.3 Å². The molecule has 2 aromatic heterocycles. The smallest absolute Gasteiger partial charge is 0.270 e. The molecule has 1 amide bonds. The van der Waals surface area contributed by atoms with E-state index in [1.807, 2.05) is 12.1 Å². The summed E-state index contributed by atoms with van der Waals surface area (Å²) in [5, 5.41) is 17.6.